The van der Waals surface area contributed by atoms with Gasteiger partial charge in [-0.15, -0.1) is 0 Å². The van der Waals surface area contributed by atoms with Gasteiger partial charge >= 0.3 is 0 Å². The molecule has 2 aliphatic rings. The molecule has 1 atom stereocenters. The molecule has 1 saturated heterocycles. The topological polar surface area (TPSA) is 102 Å². The van der Waals surface area contributed by atoms with Gasteiger partial charge in [-0.2, -0.15) is 5.10 Å². The van der Waals surface area contributed by atoms with Gasteiger partial charge in [-0.25, -0.2) is 4.98 Å². The number of benzene rings is 1. The molecule has 3 amide bonds. The van der Waals surface area contributed by atoms with Crippen LogP contribution in [0.5, 0.6) is 0 Å². The first-order valence-corrected chi connectivity index (χ1v) is 10.7. The predicted molar refractivity (Wildman–Crippen MR) is 116 cm³/mol. The predicted octanol–water partition coefficient (Wildman–Crippen LogP) is 2.29. The van der Waals surface area contributed by atoms with Crippen molar-refractivity contribution < 1.29 is 14.4 Å². The standard InChI is InChI=1S/C23H24N6O3/c1-13(2)29-9-8-17(26-29)21-20(24-12-27(21)3)14-4-5-16-15(10-14)11-28(23(16)32)18-6-7-19(30)25-22(18)31/h4-5,8-10,12-13,18H,6-7,11H2,1-3H3,(H,25,30,31). The molecule has 5 rings (SSSR count). The maximum atomic E-state index is 13.0. The molecule has 0 aliphatic carbocycles. The molecule has 2 aliphatic heterocycles. The third-order valence-electron chi connectivity index (χ3n) is 6.11. The number of piperidine rings is 1. The van der Waals surface area contributed by atoms with E-state index in [4.69, 9.17) is 5.10 Å². The van der Waals surface area contributed by atoms with E-state index in [-0.39, 0.29) is 24.3 Å². The van der Waals surface area contributed by atoms with E-state index >= 15 is 0 Å². The Balaban J connectivity index is 1.48. The smallest absolute Gasteiger partial charge is 0.255 e. The van der Waals surface area contributed by atoms with Crippen LogP contribution in [0.3, 0.4) is 0 Å². The highest BCUT2D eigenvalue weighted by Gasteiger charge is 2.39. The van der Waals surface area contributed by atoms with Gasteiger partial charge in [0.05, 0.1) is 17.7 Å². The lowest BCUT2D eigenvalue weighted by Gasteiger charge is -2.29. The summed E-state index contributed by atoms with van der Waals surface area (Å²) in [5.74, 6) is -0.881. The first-order chi connectivity index (χ1) is 15.3. The Bertz CT molecular complexity index is 1250. The van der Waals surface area contributed by atoms with E-state index in [1.807, 2.05) is 40.7 Å². The summed E-state index contributed by atoms with van der Waals surface area (Å²) in [6.45, 7) is 4.48. The molecule has 3 aromatic rings. The van der Waals surface area contributed by atoms with E-state index in [1.165, 1.54) is 0 Å². The van der Waals surface area contributed by atoms with Gasteiger partial charge in [0.15, 0.2) is 0 Å². The van der Waals surface area contributed by atoms with Crippen LogP contribution in [0.4, 0.5) is 0 Å². The lowest BCUT2D eigenvalue weighted by molar-refractivity contribution is -0.136. The summed E-state index contributed by atoms with van der Waals surface area (Å²) >= 11 is 0. The van der Waals surface area contributed by atoms with E-state index in [0.29, 0.717) is 18.5 Å². The zero-order chi connectivity index (χ0) is 22.6. The van der Waals surface area contributed by atoms with E-state index in [1.54, 1.807) is 17.3 Å². The number of rotatable bonds is 4. The van der Waals surface area contributed by atoms with Gasteiger partial charge < -0.3 is 9.47 Å². The Morgan fingerprint density at radius 2 is 1.97 bits per heavy atom. The number of imide groups is 1. The molecule has 1 N–H and O–H groups in total. The highest BCUT2D eigenvalue weighted by molar-refractivity contribution is 6.05. The highest BCUT2D eigenvalue weighted by atomic mass is 16.2. The second-order valence-corrected chi connectivity index (χ2v) is 8.60. The van der Waals surface area contributed by atoms with Crippen LogP contribution < -0.4 is 5.32 Å². The van der Waals surface area contributed by atoms with Crippen LogP contribution in [0.2, 0.25) is 0 Å². The average Bonchev–Trinajstić information content (AvgIpc) is 3.45. The summed E-state index contributed by atoms with van der Waals surface area (Å²) < 4.78 is 3.85. The quantitative estimate of drug-likeness (QED) is 0.638. The maximum absolute atomic E-state index is 13.0. The zero-order valence-electron chi connectivity index (χ0n) is 18.2. The molecule has 164 valence electrons. The number of nitrogens with one attached hydrogen (secondary N) is 1. The Kier molecular flexibility index (Phi) is 4.69. The van der Waals surface area contributed by atoms with Crippen LogP contribution in [-0.4, -0.2) is 48.0 Å². The Morgan fingerprint density at radius 1 is 1.16 bits per heavy atom. The number of fused-ring (bicyclic) bond motifs is 1. The number of imidazole rings is 1. The summed E-state index contributed by atoms with van der Waals surface area (Å²) in [5.41, 5.74) is 4.83. The van der Waals surface area contributed by atoms with Crippen LogP contribution in [0.15, 0.2) is 36.8 Å². The fourth-order valence-corrected chi connectivity index (χ4v) is 4.42. The van der Waals surface area contributed by atoms with Crippen LogP contribution in [0.1, 0.15) is 48.7 Å². The summed E-state index contributed by atoms with van der Waals surface area (Å²) in [5, 5.41) is 7.03. The Labute approximate surface area is 185 Å². The van der Waals surface area contributed by atoms with Crippen molar-refractivity contribution in [3.05, 3.63) is 47.9 Å². The number of amides is 3. The molecule has 9 heteroatoms. The number of carbonyl (C=O) groups is 3. The lowest BCUT2D eigenvalue weighted by atomic mass is 10.0. The van der Waals surface area contributed by atoms with Crippen LogP contribution in [0.25, 0.3) is 22.6 Å². The normalized spacial score (nSPS) is 18.4. The van der Waals surface area contributed by atoms with Crippen molar-refractivity contribution in [1.82, 2.24) is 29.5 Å². The van der Waals surface area contributed by atoms with Gasteiger partial charge in [0, 0.05) is 43.4 Å². The van der Waals surface area contributed by atoms with Crippen molar-refractivity contribution in [3.63, 3.8) is 0 Å². The number of aromatic nitrogens is 4. The fourth-order valence-electron chi connectivity index (χ4n) is 4.42. The first-order valence-electron chi connectivity index (χ1n) is 10.7. The van der Waals surface area contributed by atoms with Crippen LogP contribution in [0, 0.1) is 0 Å². The van der Waals surface area contributed by atoms with E-state index in [9.17, 15) is 14.4 Å². The van der Waals surface area contributed by atoms with Gasteiger partial charge in [-0.1, -0.05) is 6.07 Å². The van der Waals surface area contributed by atoms with Crippen molar-refractivity contribution in [2.45, 2.75) is 45.3 Å². The number of aryl methyl sites for hydroxylation is 1. The lowest BCUT2D eigenvalue weighted by Crippen LogP contribution is -2.52. The minimum Gasteiger partial charge on any atom is -0.332 e. The number of carbonyl (C=O) groups excluding carboxylic acids is 3. The summed E-state index contributed by atoms with van der Waals surface area (Å²) in [7, 11) is 1.93. The van der Waals surface area contributed by atoms with E-state index in [0.717, 1.165) is 28.2 Å². The third-order valence-corrected chi connectivity index (χ3v) is 6.11. The molecule has 2 aromatic heterocycles. The van der Waals surface area contributed by atoms with Crippen molar-refractivity contribution in [2.75, 3.05) is 0 Å². The van der Waals surface area contributed by atoms with Crippen LogP contribution in [-0.2, 0) is 23.2 Å². The second kappa shape index (κ2) is 7.44. The second-order valence-electron chi connectivity index (χ2n) is 8.60. The van der Waals surface area contributed by atoms with Gasteiger partial charge in [0.25, 0.3) is 5.91 Å². The minimum absolute atomic E-state index is 0.182. The number of nitrogens with zero attached hydrogens (tertiary/aromatic N) is 5. The largest absolute Gasteiger partial charge is 0.332 e. The van der Waals surface area contributed by atoms with Gasteiger partial charge in [0.2, 0.25) is 11.8 Å². The summed E-state index contributed by atoms with van der Waals surface area (Å²) in [6.07, 6.45) is 4.30. The molecule has 0 spiro atoms. The summed E-state index contributed by atoms with van der Waals surface area (Å²) in [6, 6.07) is 7.25. The Morgan fingerprint density at radius 3 is 2.69 bits per heavy atom. The molecule has 4 heterocycles. The molecule has 0 radical (unpaired) electrons. The monoisotopic (exact) mass is 432 g/mol. The number of hydrogen-bond acceptors (Lipinski definition) is 5. The van der Waals surface area contributed by atoms with E-state index < -0.39 is 11.9 Å². The fraction of sp³-hybridized carbons (Fsp3) is 0.348. The SMILES string of the molecule is CC(C)n1ccc(-c2c(-c3ccc4c(c3)CN(C3CCC(=O)NC3=O)C4=O)ncn2C)n1. The molecule has 1 aromatic carbocycles. The van der Waals surface area contributed by atoms with E-state index in [2.05, 4.69) is 24.1 Å². The summed E-state index contributed by atoms with van der Waals surface area (Å²) in [4.78, 5) is 42.9. The minimum atomic E-state index is -0.624. The molecule has 32 heavy (non-hydrogen) atoms. The van der Waals surface area contributed by atoms with Gasteiger partial charge in [-0.05, 0) is 44.0 Å². The number of hydrogen-bond donors (Lipinski definition) is 1. The molecular weight excluding hydrogens is 408 g/mol. The zero-order valence-corrected chi connectivity index (χ0v) is 18.2. The van der Waals surface area contributed by atoms with Gasteiger partial charge in [-0.3, -0.25) is 24.4 Å². The molecule has 9 nitrogen and oxygen atoms in total. The van der Waals surface area contributed by atoms with Crippen molar-refractivity contribution in [2.24, 2.45) is 7.05 Å². The molecular formula is C23H24N6O3. The molecule has 1 fully saturated rings. The van der Waals surface area contributed by atoms with Crippen molar-refractivity contribution in [1.29, 1.82) is 0 Å². The molecule has 0 bridgehead atoms. The van der Waals surface area contributed by atoms with Crippen LogP contribution >= 0.6 is 0 Å². The van der Waals surface area contributed by atoms with Gasteiger partial charge in [0.1, 0.15) is 11.7 Å². The third kappa shape index (κ3) is 3.21. The van der Waals surface area contributed by atoms with Crippen molar-refractivity contribution >= 4 is 17.7 Å². The first kappa shape index (κ1) is 20.2. The van der Waals surface area contributed by atoms with Crippen molar-refractivity contribution in [3.8, 4) is 22.6 Å². The Hall–Kier alpha value is -3.75. The average molecular weight is 432 g/mol. The maximum Gasteiger partial charge on any atom is 0.255 e. The molecule has 0 saturated carbocycles. The molecule has 1 unspecified atom stereocenters. The highest BCUT2D eigenvalue weighted by Crippen LogP contribution is 2.34.